The van der Waals surface area contributed by atoms with Crippen LogP contribution in [0, 0.1) is 6.92 Å². The first-order chi connectivity index (χ1) is 12.1. The van der Waals surface area contributed by atoms with Crippen molar-refractivity contribution >= 4 is 11.9 Å². The lowest BCUT2D eigenvalue weighted by atomic mass is 10.1. The van der Waals surface area contributed by atoms with Crippen molar-refractivity contribution in [1.29, 1.82) is 0 Å². The third kappa shape index (κ3) is 6.11. The summed E-state index contributed by atoms with van der Waals surface area (Å²) in [7, 11) is 0. The summed E-state index contributed by atoms with van der Waals surface area (Å²) < 4.78 is 5.62. The van der Waals surface area contributed by atoms with Crippen molar-refractivity contribution in [2.45, 2.75) is 39.5 Å². The van der Waals surface area contributed by atoms with Gasteiger partial charge in [0.1, 0.15) is 11.5 Å². The first-order valence-electron chi connectivity index (χ1n) is 8.85. The summed E-state index contributed by atoms with van der Waals surface area (Å²) >= 11 is 0. The average Bonchev–Trinajstić information content (AvgIpc) is 2.61. The Hall–Kier alpha value is -2.55. The van der Waals surface area contributed by atoms with Gasteiger partial charge in [0.15, 0.2) is 5.78 Å². The lowest BCUT2D eigenvalue weighted by Gasteiger charge is -2.08. The Kier molecular flexibility index (Phi) is 7.27. The number of rotatable bonds is 9. The number of hydrogen-bond acceptors (Lipinski definition) is 3. The Bertz CT molecular complexity index is 715. The molecule has 25 heavy (non-hydrogen) atoms. The van der Waals surface area contributed by atoms with Gasteiger partial charge in [0, 0.05) is 6.07 Å². The lowest BCUT2D eigenvalue weighted by molar-refractivity contribution is 0.104. The molecule has 0 aliphatic rings. The molecule has 0 bridgehead atoms. The van der Waals surface area contributed by atoms with Crippen molar-refractivity contribution in [2.24, 2.45) is 0 Å². The fourth-order valence-corrected chi connectivity index (χ4v) is 2.47. The predicted octanol–water partition coefficient (Wildman–Crippen LogP) is 5.56. The fourth-order valence-electron chi connectivity index (χ4n) is 2.47. The van der Waals surface area contributed by atoms with Gasteiger partial charge < -0.3 is 9.84 Å². The van der Waals surface area contributed by atoms with Crippen LogP contribution in [0.1, 0.15) is 54.1 Å². The Balaban J connectivity index is 1.94. The van der Waals surface area contributed by atoms with Crippen molar-refractivity contribution in [3.63, 3.8) is 0 Å². The maximum atomic E-state index is 12.3. The molecule has 2 rings (SSSR count). The maximum absolute atomic E-state index is 12.3. The molecule has 3 nitrogen and oxygen atoms in total. The highest BCUT2D eigenvalue weighted by molar-refractivity contribution is 6.08. The second kappa shape index (κ2) is 9.67. The molecule has 0 aliphatic carbocycles. The van der Waals surface area contributed by atoms with Crippen LogP contribution in [0.4, 0.5) is 0 Å². The van der Waals surface area contributed by atoms with Gasteiger partial charge in [-0.1, -0.05) is 62.1 Å². The monoisotopic (exact) mass is 338 g/mol. The van der Waals surface area contributed by atoms with Crippen LogP contribution >= 0.6 is 0 Å². The second-order valence-corrected chi connectivity index (χ2v) is 6.20. The van der Waals surface area contributed by atoms with Crippen molar-refractivity contribution in [2.75, 3.05) is 6.61 Å². The van der Waals surface area contributed by atoms with E-state index in [-0.39, 0.29) is 17.1 Å². The zero-order valence-electron chi connectivity index (χ0n) is 15.0. The molecule has 0 spiro atoms. The third-order valence-corrected chi connectivity index (χ3v) is 4.01. The van der Waals surface area contributed by atoms with Gasteiger partial charge in [0.2, 0.25) is 0 Å². The molecule has 0 unspecified atom stereocenters. The normalized spacial score (nSPS) is 11.0. The molecule has 0 amide bonds. The topological polar surface area (TPSA) is 46.5 Å². The van der Waals surface area contributed by atoms with Crippen molar-refractivity contribution in [3.05, 3.63) is 65.2 Å². The van der Waals surface area contributed by atoms with E-state index in [9.17, 15) is 9.90 Å². The quantitative estimate of drug-likeness (QED) is 0.370. The van der Waals surface area contributed by atoms with Gasteiger partial charge >= 0.3 is 0 Å². The van der Waals surface area contributed by atoms with Gasteiger partial charge in [-0.25, -0.2) is 0 Å². The van der Waals surface area contributed by atoms with Crippen LogP contribution in [0.3, 0.4) is 0 Å². The summed E-state index contributed by atoms with van der Waals surface area (Å²) in [6.07, 6.45) is 7.75. The number of benzene rings is 2. The summed E-state index contributed by atoms with van der Waals surface area (Å²) in [6, 6.07) is 12.7. The molecule has 0 radical (unpaired) electrons. The number of hydrogen-bond donors (Lipinski definition) is 1. The minimum absolute atomic E-state index is 0.0513. The summed E-state index contributed by atoms with van der Waals surface area (Å²) in [4.78, 5) is 12.3. The molecule has 1 N–H and O–H groups in total. The van der Waals surface area contributed by atoms with Gasteiger partial charge in [-0.2, -0.15) is 0 Å². The van der Waals surface area contributed by atoms with Crippen molar-refractivity contribution in [3.8, 4) is 11.5 Å². The maximum Gasteiger partial charge on any atom is 0.189 e. The number of carbonyl (C=O) groups is 1. The molecule has 0 fully saturated rings. The Morgan fingerprint density at radius 1 is 1.08 bits per heavy atom. The van der Waals surface area contributed by atoms with Gasteiger partial charge in [-0.15, -0.1) is 0 Å². The van der Waals surface area contributed by atoms with Crippen LogP contribution in [-0.4, -0.2) is 17.5 Å². The molecule has 0 aliphatic heterocycles. The lowest BCUT2D eigenvalue weighted by Crippen LogP contribution is -1.99. The minimum Gasteiger partial charge on any atom is -0.507 e. The zero-order chi connectivity index (χ0) is 18.1. The number of aryl methyl sites for hydroxylation is 1. The molecule has 0 atom stereocenters. The standard InChI is InChI=1S/C22H26O3/c1-3-4-5-6-15-25-19-12-13-20(22(24)16-19)21(23)14-11-18-9-7-17(2)8-10-18/h7-14,16,24H,3-6,15H2,1-2H3/b14-11+. The largest absolute Gasteiger partial charge is 0.507 e. The van der Waals surface area contributed by atoms with E-state index in [1.54, 1.807) is 18.2 Å². The molecule has 0 saturated carbocycles. The van der Waals surface area contributed by atoms with Crippen LogP contribution in [0.15, 0.2) is 48.5 Å². The highest BCUT2D eigenvalue weighted by Crippen LogP contribution is 2.25. The van der Waals surface area contributed by atoms with E-state index in [4.69, 9.17) is 4.74 Å². The number of carbonyl (C=O) groups excluding carboxylic acids is 1. The molecular weight excluding hydrogens is 312 g/mol. The van der Waals surface area contributed by atoms with E-state index in [0.717, 1.165) is 18.4 Å². The number of ether oxygens (including phenoxy) is 1. The van der Waals surface area contributed by atoms with E-state index in [1.807, 2.05) is 31.2 Å². The Morgan fingerprint density at radius 3 is 2.52 bits per heavy atom. The number of unbranched alkanes of at least 4 members (excludes halogenated alkanes) is 3. The van der Waals surface area contributed by atoms with E-state index in [1.165, 1.54) is 30.5 Å². The van der Waals surface area contributed by atoms with Crippen LogP contribution < -0.4 is 4.74 Å². The molecule has 0 saturated heterocycles. The predicted molar refractivity (Wildman–Crippen MR) is 102 cm³/mol. The van der Waals surface area contributed by atoms with E-state index < -0.39 is 0 Å². The third-order valence-electron chi connectivity index (χ3n) is 4.01. The molecule has 3 heteroatoms. The number of phenols is 1. The fraction of sp³-hybridized carbons (Fsp3) is 0.318. The first kappa shape index (κ1) is 18.8. The number of phenolic OH excluding ortho intramolecular Hbond substituents is 1. The molecular formula is C22H26O3. The second-order valence-electron chi connectivity index (χ2n) is 6.20. The van der Waals surface area contributed by atoms with Crippen molar-refractivity contribution in [1.82, 2.24) is 0 Å². The van der Waals surface area contributed by atoms with E-state index >= 15 is 0 Å². The van der Waals surface area contributed by atoms with Crippen molar-refractivity contribution < 1.29 is 14.6 Å². The van der Waals surface area contributed by atoms with Crippen LogP contribution in [0.25, 0.3) is 6.08 Å². The molecule has 2 aromatic rings. The smallest absolute Gasteiger partial charge is 0.189 e. The van der Waals surface area contributed by atoms with E-state index in [0.29, 0.717) is 12.4 Å². The zero-order valence-corrected chi connectivity index (χ0v) is 15.0. The highest BCUT2D eigenvalue weighted by atomic mass is 16.5. The van der Waals surface area contributed by atoms with Gasteiger partial charge in [-0.3, -0.25) is 4.79 Å². The van der Waals surface area contributed by atoms with E-state index in [2.05, 4.69) is 6.92 Å². The van der Waals surface area contributed by atoms with Crippen LogP contribution in [0.2, 0.25) is 0 Å². The molecule has 132 valence electrons. The average molecular weight is 338 g/mol. The summed E-state index contributed by atoms with van der Waals surface area (Å²) in [5.74, 6) is 0.310. The molecule has 0 heterocycles. The van der Waals surface area contributed by atoms with Crippen LogP contribution in [-0.2, 0) is 0 Å². The summed E-state index contributed by atoms with van der Waals surface area (Å²) in [6.45, 7) is 4.81. The van der Waals surface area contributed by atoms with Crippen LogP contribution in [0.5, 0.6) is 11.5 Å². The first-order valence-corrected chi connectivity index (χ1v) is 8.85. The van der Waals surface area contributed by atoms with Gasteiger partial charge in [0.05, 0.1) is 12.2 Å². The summed E-state index contributed by atoms with van der Waals surface area (Å²) in [5, 5.41) is 10.1. The highest BCUT2D eigenvalue weighted by Gasteiger charge is 2.09. The molecule has 0 aromatic heterocycles. The SMILES string of the molecule is CCCCCCOc1ccc(C(=O)/C=C/c2ccc(C)cc2)c(O)c1. The molecule has 2 aromatic carbocycles. The Labute approximate surface area is 150 Å². The van der Waals surface area contributed by atoms with Gasteiger partial charge in [0.25, 0.3) is 0 Å². The number of aromatic hydroxyl groups is 1. The Morgan fingerprint density at radius 2 is 1.84 bits per heavy atom. The number of allylic oxidation sites excluding steroid dienone is 1. The summed E-state index contributed by atoms with van der Waals surface area (Å²) in [5.41, 5.74) is 2.40. The van der Waals surface area contributed by atoms with Gasteiger partial charge in [-0.05, 0) is 37.1 Å². The minimum atomic E-state index is -0.229. The number of ketones is 1.